The standard InChI is InChI=1S/C21H16N4O3/c1-14-8-9-20-23-19(13-24(20)12-14)15-4-2-6-17(10-15)22-21(26)16-5-3-7-18(11-16)25(27)28/h2-13H,1H3,(H,22,26). The van der Waals surface area contributed by atoms with Gasteiger partial charge in [0.2, 0.25) is 0 Å². The van der Waals surface area contributed by atoms with E-state index in [1.807, 2.05) is 54.0 Å². The number of nitrogens with one attached hydrogen (secondary N) is 1. The van der Waals surface area contributed by atoms with Gasteiger partial charge >= 0.3 is 0 Å². The Hall–Kier alpha value is -4.00. The molecule has 138 valence electrons. The summed E-state index contributed by atoms with van der Waals surface area (Å²) in [7, 11) is 0. The van der Waals surface area contributed by atoms with Crippen LogP contribution in [0.25, 0.3) is 16.9 Å². The molecule has 1 N–H and O–H groups in total. The van der Waals surface area contributed by atoms with Gasteiger partial charge in [-0.3, -0.25) is 14.9 Å². The molecule has 0 aliphatic carbocycles. The first kappa shape index (κ1) is 17.4. The number of nitrogens with zero attached hydrogens (tertiary/aromatic N) is 3. The predicted octanol–water partition coefficient (Wildman–Crippen LogP) is 4.47. The van der Waals surface area contributed by atoms with Crippen LogP contribution in [-0.4, -0.2) is 20.2 Å². The number of benzene rings is 2. The third kappa shape index (κ3) is 3.45. The van der Waals surface area contributed by atoms with Crippen LogP contribution in [0.5, 0.6) is 0 Å². The molecular formula is C21H16N4O3. The number of non-ortho nitro benzene ring substituents is 1. The van der Waals surface area contributed by atoms with Gasteiger partial charge in [0.15, 0.2) is 0 Å². The number of nitro groups is 1. The molecule has 0 radical (unpaired) electrons. The highest BCUT2D eigenvalue weighted by molar-refractivity contribution is 6.04. The number of pyridine rings is 1. The number of aromatic nitrogens is 2. The van der Waals surface area contributed by atoms with Crippen LogP contribution >= 0.6 is 0 Å². The molecule has 0 atom stereocenters. The molecule has 0 aliphatic heterocycles. The highest BCUT2D eigenvalue weighted by atomic mass is 16.6. The summed E-state index contributed by atoms with van der Waals surface area (Å²) in [5, 5.41) is 13.7. The SMILES string of the molecule is Cc1ccc2nc(-c3cccc(NC(=O)c4cccc([N+](=O)[O-])c4)c3)cn2c1. The minimum atomic E-state index is -0.525. The quantitative estimate of drug-likeness (QED) is 0.423. The van der Waals surface area contributed by atoms with Crippen LogP contribution < -0.4 is 5.32 Å². The Morgan fingerprint density at radius 2 is 1.89 bits per heavy atom. The predicted molar refractivity (Wildman–Crippen MR) is 106 cm³/mol. The van der Waals surface area contributed by atoms with E-state index in [2.05, 4.69) is 10.3 Å². The molecule has 4 aromatic rings. The molecule has 2 aromatic carbocycles. The van der Waals surface area contributed by atoms with E-state index in [9.17, 15) is 14.9 Å². The van der Waals surface area contributed by atoms with Gasteiger partial charge in [0.1, 0.15) is 5.65 Å². The zero-order valence-electron chi connectivity index (χ0n) is 15.0. The van der Waals surface area contributed by atoms with Gasteiger partial charge in [0, 0.05) is 41.3 Å². The van der Waals surface area contributed by atoms with Crippen molar-refractivity contribution in [3.05, 3.63) is 94.3 Å². The van der Waals surface area contributed by atoms with Crippen molar-refractivity contribution >= 4 is 22.9 Å². The second kappa shape index (κ2) is 6.96. The lowest BCUT2D eigenvalue weighted by Crippen LogP contribution is -2.12. The van der Waals surface area contributed by atoms with E-state index in [0.29, 0.717) is 5.69 Å². The summed E-state index contributed by atoms with van der Waals surface area (Å²) in [5.41, 5.74) is 4.31. The maximum Gasteiger partial charge on any atom is 0.270 e. The summed E-state index contributed by atoms with van der Waals surface area (Å²) in [6, 6.07) is 16.9. The summed E-state index contributed by atoms with van der Waals surface area (Å²) < 4.78 is 1.96. The van der Waals surface area contributed by atoms with E-state index in [1.54, 1.807) is 6.07 Å². The third-order valence-electron chi connectivity index (χ3n) is 4.33. The fourth-order valence-corrected chi connectivity index (χ4v) is 2.96. The van der Waals surface area contributed by atoms with Crippen molar-refractivity contribution in [2.75, 3.05) is 5.32 Å². The van der Waals surface area contributed by atoms with Crippen LogP contribution in [0.2, 0.25) is 0 Å². The zero-order chi connectivity index (χ0) is 19.7. The molecule has 7 nitrogen and oxygen atoms in total. The number of imidazole rings is 1. The lowest BCUT2D eigenvalue weighted by Gasteiger charge is -2.06. The molecule has 28 heavy (non-hydrogen) atoms. The molecule has 2 heterocycles. The van der Waals surface area contributed by atoms with Crippen LogP contribution in [0.4, 0.5) is 11.4 Å². The molecular weight excluding hydrogens is 356 g/mol. The highest BCUT2D eigenvalue weighted by Crippen LogP contribution is 2.23. The molecule has 0 aliphatic rings. The summed E-state index contributed by atoms with van der Waals surface area (Å²) in [6.07, 6.45) is 3.93. The van der Waals surface area contributed by atoms with Crippen molar-refractivity contribution in [3.63, 3.8) is 0 Å². The zero-order valence-corrected chi connectivity index (χ0v) is 15.0. The van der Waals surface area contributed by atoms with Crippen molar-refractivity contribution < 1.29 is 9.72 Å². The average molecular weight is 372 g/mol. The molecule has 7 heteroatoms. The minimum Gasteiger partial charge on any atom is -0.322 e. The number of anilines is 1. The monoisotopic (exact) mass is 372 g/mol. The number of carbonyl (C=O) groups excluding carboxylic acids is 1. The molecule has 2 aromatic heterocycles. The minimum absolute atomic E-state index is 0.124. The normalized spacial score (nSPS) is 10.8. The number of carbonyl (C=O) groups is 1. The average Bonchev–Trinajstić information content (AvgIpc) is 3.11. The van der Waals surface area contributed by atoms with Crippen LogP contribution in [0, 0.1) is 17.0 Å². The van der Waals surface area contributed by atoms with Gasteiger partial charge in [-0.15, -0.1) is 0 Å². The number of fused-ring (bicyclic) bond motifs is 1. The van der Waals surface area contributed by atoms with E-state index in [1.165, 1.54) is 24.3 Å². The van der Waals surface area contributed by atoms with Gasteiger partial charge in [0.05, 0.1) is 10.6 Å². The lowest BCUT2D eigenvalue weighted by molar-refractivity contribution is -0.384. The van der Waals surface area contributed by atoms with Gasteiger partial charge in [0.25, 0.3) is 11.6 Å². The van der Waals surface area contributed by atoms with Crippen molar-refractivity contribution in [2.24, 2.45) is 0 Å². The molecule has 1 amide bonds. The Morgan fingerprint density at radius 1 is 1.07 bits per heavy atom. The van der Waals surface area contributed by atoms with Gasteiger partial charge in [-0.2, -0.15) is 0 Å². The van der Waals surface area contributed by atoms with Gasteiger partial charge in [-0.1, -0.05) is 24.3 Å². The van der Waals surface area contributed by atoms with Crippen molar-refractivity contribution in [3.8, 4) is 11.3 Å². The van der Waals surface area contributed by atoms with E-state index in [0.717, 1.165) is 22.5 Å². The van der Waals surface area contributed by atoms with Crippen molar-refractivity contribution in [2.45, 2.75) is 6.92 Å². The largest absolute Gasteiger partial charge is 0.322 e. The number of hydrogen-bond donors (Lipinski definition) is 1. The molecule has 0 saturated carbocycles. The van der Waals surface area contributed by atoms with Crippen LogP contribution in [0.3, 0.4) is 0 Å². The number of amides is 1. The molecule has 4 rings (SSSR count). The first-order valence-corrected chi connectivity index (χ1v) is 8.61. The molecule has 0 bridgehead atoms. The van der Waals surface area contributed by atoms with Gasteiger partial charge in [-0.05, 0) is 36.8 Å². The van der Waals surface area contributed by atoms with E-state index < -0.39 is 10.8 Å². The number of aryl methyl sites for hydroxylation is 1. The second-order valence-corrected chi connectivity index (χ2v) is 6.44. The Bertz CT molecular complexity index is 1210. The fourth-order valence-electron chi connectivity index (χ4n) is 2.96. The molecule has 0 saturated heterocycles. The molecule has 0 spiro atoms. The van der Waals surface area contributed by atoms with Crippen LogP contribution in [0.1, 0.15) is 15.9 Å². The lowest BCUT2D eigenvalue weighted by atomic mass is 10.1. The summed E-state index contributed by atoms with van der Waals surface area (Å²) in [5.74, 6) is -0.411. The van der Waals surface area contributed by atoms with E-state index in [-0.39, 0.29) is 11.3 Å². The van der Waals surface area contributed by atoms with Gasteiger partial charge < -0.3 is 9.72 Å². The summed E-state index contributed by atoms with van der Waals surface area (Å²) >= 11 is 0. The Balaban J connectivity index is 1.60. The Morgan fingerprint density at radius 3 is 2.71 bits per heavy atom. The Labute approximate surface area is 160 Å². The first-order chi connectivity index (χ1) is 13.5. The van der Waals surface area contributed by atoms with Crippen LogP contribution in [0.15, 0.2) is 73.1 Å². The molecule has 0 unspecified atom stereocenters. The maximum atomic E-state index is 12.5. The molecule has 0 fully saturated rings. The smallest absolute Gasteiger partial charge is 0.270 e. The van der Waals surface area contributed by atoms with Crippen molar-refractivity contribution in [1.29, 1.82) is 0 Å². The van der Waals surface area contributed by atoms with E-state index in [4.69, 9.17) is 0 Å². The van der Waals surface area contributed by atoms with E-state index >= 15 is 0 Å². The van der Waals surface area contributed by atoms with Crippen LogP contribution in [-0.2, 0) is 0 Å². The summed E-state index contributed by atoms with van der Waals surface area (Å²) in [4.78, 5) is 27.4. The number of rotatable bonds is 4. The highest BCUT2D eigenvalue weighted by Gasteiger charge is 2.12. The number of hydrogen-bond acceptors (Lipinski definition) is 4. The topological polar surface area (TPSA) is 89.5 Å². The van der Waals surface area contributed by atoms with Crippen molar-refractivity contribution in [1.82, 2.24) is 9.38 Å². The maximum absolute atomic E-state index is 12.5. The number of nitro benzene ring substituents is 1. The second-order valence-electron chi connectivity index (χ2n) is 6.44. The first-order valence-electron chi connectivity index (χ1n) is 8.61. The fraction of sp³-hybridized carbons (Fsp3) is 0.0476. The third-order valence-corrected chi connectivity index (χ3v) is 4.33. The van der Waals surface area contributed by atoms with Gasteiger partial charge in [-0.25, -0.2) is 4.98 Å². The Kier molecular flexibility index (Phi) is 4.33. The summed E-state index contributed by atoms with van der Waals surface area (Å²) in [6.45, 7) is 2.02.